The fraction of sp³-hybridized carbons (Fsp3) is 0.429. The fourth-order valence-electron chi connectivity index (χ4n) is 1.69. The maximum Gasteiger partial charge on any atom is 0.150 e. The van der Waals surface area contributed by atoms with Crippen LogP contribution in [-0.4, -0.2) is 12.8 Å². The third-order valence-electron chi connectivity index (χ3n) is 2.62. The fourth-order valence-corrected chi connectivity index (χ4v) is 1.69. The Labute approximate surface area is 102 Å². The lowest BCUT2D eigenvalue weighted by Gasteiger charge is -2.11. The van der Waals surface area contributed by atoms with Crippen LogP contribution in [0.15, 0.2) is 18.2 Å². The molecule has 3 heteroatoms. The van der Waals surface area contributed by atoms with Gasteiger partial charge in [0.1, 0.15) is 6.29 Å². The Kier molecular flexibility index (Phi) is 5.81. The Morgan fingerprint density at radius 1 is 1.47 bits per heavy atom. The number of anilines is 1. The molecule has 0 aliphatic carbocycles. The van der Waals surface area contributed by atoms with Gasteiger partial charge < -0.3 is 5.32 Å². The largest absolute Gasteiger partial charge is 0.384 e. The normalized spacial score (nSPS) is 9.65. The van der Waals surface area contributed by atoms with Crippen LogP contribution in [0.1, 0.15) is 42.1 Å². The number of hydrogen-bond donors (Lipinski definition) is 1. The van der Waals surface area contributed by atoms with E-state index in [1.54, 1.807) is 6.07 Å². The lowest BCUT2D eigenvalue weighted by molar-refractivity contribution is 0.112. The van der Waals surface area contributed by atoms with Gasteiger partial charge in [0.05, 0.1) is 12.5 Å². The van der Waals surface area contributed by atoms with Crippen molar-refractivity contribution < 1.29 is 4.79 Å². The molecule has 0 radical (unpaired) electrons. The quantitative estimate of drug-likeness (QED) is 0.578. The molecule has 0 bridgehead atoms. The van der Waals surface area contributed by atoms with Crippen LogP contribution < -0.4 is 5.32 Å². The van der Waals surface area contributed by atoms with Crippen molar-refractivity contribution >= 4 is 12.0 Å². The number of carbonyl (C=O) groups is 1. The summed E-state index contributed by atoms with van der Waals surface area (Å²) in [5.74, 6) is 0. The number of nitrogens with one attached hydrogen (secondary N) is 1. The highest BCUT2D eigenvalue weighted by atomic mass is 16.1. The van der Waals surface area contributed by atoms with Crippen LogP contribution in [0.4, 0.5) is 5.69 Å². The van der Waals surface area contributed by atoms with Gasteiger partial charge in [0.15, 0.2) is 0 Å². The maximum atomic E-state index is 10.7. The topological polar surface area (TPSA) is 52.9 Å². The second kappa shape index (κ2) is 7.45. The number of nitriles is 1. The van der Waals surface area contributed by atoms with Gasteiger partial charge in [0, 0.05) is 17.8 Å². The highest BCUT2D eigenvalue weighted by Gasteiger charge is 2.03. The average Bonchev–Trinajstić information content (AvgIpc) is 2.37. The number of carbonyl (C=O) groups excluding carboxylic acids is 1. The molecule has 0 saturated carbocycles. The van der Waals surface area contributed by atoms with Crippen LogP contribution in [0.2, 0.25) is 0 Å². The molecule has 1 rings (SSSR count). The molecule has 17 heavy (non-hydrogen) atoms. The number of rotatable bonds is 7. The lowest BCUT2D eigenvalue weighted by Crippen LogP contribution is -2.04. The number of unbranched alkanes of at least 4 members (excludes halogenated alkanes) is 1. The summed E-state index contributed by atoms with van der Waals surface area (Å²) in [6, 6.07) is 7.76. The summed E-state index contributed by atoms with van der Waals surface area (Å²) < 4.78 is 0. The first kappa shape index (κ1) is 13.2. The van der Waals surface area contributed by atoms with E-state index in [0.717, 1.165) is 36.8 Å². The van der Waals surface area contributed by atoms with E-state index < -0.39 is 0 Å². The lowest BCUT2D eigenvalue weighted by atomic mass is 10.0. The van der Waals surface area contributed by atoms with Crippen molar-refractivity contribution in [2.75, 3.05) is 11.9 Å². The van der Waals surface area contributed by atoms with Gasteiger partial charge in [-0.15, -0.1) is 0 Å². The Balaban J connectivity index is 2.78. The van der Waals surface area contributed by atoms with Gasteiger partial charge in [-0.25, -0.2) is 0 Å². The van der Waals surface area contributed by atoms with Gasteiger partial charge in [-0.3, -0.25) is 4.79 Å². The Hall–Kier alpha value is -1.82. The van der Waals surface area contributed by atoms with Crippen molar-refractivity contribution in [1.29, 1.82) is 5.26 Å². The molecule has 0 saturated heterocycles. The summed E-state index contributed by atoms with van der Waals surface area (Å²) in [6.45, 7) is 2.79. The zero-order chi connectivity index (χ0) is 12.5. The van der Waals surface area contributed by atoms with Gasteiger partial charge in [-0.2, -0.15) is 5.26 Å². The number of aldehydes is 1. The number of aryl methyl sites for hydroxylation is 1. The number of nitrogens with zero attached hydrogens (tertiary/aromatic N) is 1. The molecule has 1 aromatic carbocycles. The molecule has 0 aliphatic rings. The molecule has 0 atom stereocenters. The third-order valence-corrected chi connectivity index (χ3v) is 2.62. The first-order valence-corrected chi connectivity index (χ1v) is 6.00. The standard InChI is InChI=1S/C14H18N2O/c1-2-3-5-13-10-12(11-17)6-7-14(13)16-9-4-8-15/h6-7,10-11,16H,2-5,9H2,1H3. The van der Waals surface area contributed by atoms with E-state index in [-0.39, 0.29) is 0 Å². The summed E-state index contributed by atoms with van der Waals surface area (Å²) in [5, 5.41) is 11.7. The third kappa shape index (κ3) is 4.28. The van der Waals surface area contributed by atoms with Crippen molar-refractivity contribution in [3.63, 3.8) is 0 Å². The summed E-state index contributed by atoms with van der Waals surface area (Å²) in [6.07, 6.45) is 4.56. The second-order valence-corrected chi connectivity index (χ2v) is 3.97. The van der Waals surface area contributed by atoms with Crippen molar-refractivity contribution in [2.24, 2.45) is 0 Å². The average molecular weight is 230 g/mol. The van der Waals surface area contributed by atoms with Gasteiger partial charge in [-0.05, 0) is 36.6 Å². The molecule has 0 aliphatic heterocycles. The molecule has 0 unspecified atom stereocenters. The molecular weight excluding hydrogens is 212 g/mol. The minimum Gasteiger partial charge on any atom is -0.384 e. The molecule has 0 heterocycles. The smallest absolute Gasteiger partial charge is 0.150 e. The second-order valence-electron chi connectivity index (χ2n) is 3.97. The maximum absolute atomic E-state index is 10.7. The zero-order valence-electron chi connectivity index (χ0n) is 10.2. The van der Waals surface area contributed by atoms with E-state index >= 15 is 0 Å². The molecule has 1 aromatic rings. The molecule has 1 N–H and O–H groups in total. The highest BCUT2D eigenvalue weighted by Crippen LogP contribution is 2.19. The van der Waals surface area contributed by atoms with Crippen LogP contribution in [0.3, 0.4) is 0 Å². The van der Waals surface area contributed by atoms with Crippen LogP contribution in [0.25, 0.3) is 0 Å². The van der Waals surface area contributed by atoms with E-state index in [2.05, 4.69) is 18.3 Å². The van der Waals surface area contributed by atoms with Crippen molar-refractivity contribution in [2.45, 2.75) is 32.6 Å². The van der Waals surface area contributed by atoms with E-state index in [1.165, 1.54) is 0 Å². The van der Waals surface area contributed by atoms with E-state index in [1.807, 2.05) is 12.1 Å². The Morgan fingerprint density at radius 3 is 2.94 bits per heavy atom. The Bertz CT molecular complexity index is 407. The van der Waals surface area contributed by atoms with Crippen LogP contribution in [0, 0.1) is 11.3 Å². The number of hydrogen-bond acceptors (Lipinski definition) is 3. The van der Waals surface area contributed by atoms with Crippen molar-refractivity contribution in [3.8, 4) is 6.07 Å². The van der Waals surface area contributed by atoms with E-state index in [9.17, 15) is 4.79 Å². The van der Waals surface area contributed by atoms with Gasteiger partial charge in [-0.1, -0.05) is 13.3 Å². The summed E-state index contributed by atoms with van der Waals surface area (Å²) in [7, 11) is 0. The minimum atomic E-state index is 0.489. The summed E-state index contributed by atoms with van der Waals surface area (Å²) >= 11 is 0. The first-order chi connectivity index (χ1) is 8.31. The first-order valence-electron chi connectivity index (χ1n) is 6.00. The number of benzene rings is 1. The molecule has 0 fully saturated rings. The van der Waals surface area contributed by atoms with Crippen molar-refractivity contribution in [1.82, 2.24) is 0 Å². The van der Waals surface area contributed by atoms with E-state index in [4.69, 9.17) is 5.26 Å². The van der Waals surface area contributed by atoms with Gasteiger partial charge in [0.25, 0.3) is 0 Å². The molecule has 3 nitrogen and oxygen atoms in total. The van der Waals surface area contributed by atoms with Gasteiger partial charge >= 0.3 is 0 Å². The SMILES string of the molecule is CCCCc1cc(C=O)ccc1NCCC#N. The predicted molar refractivity (Wildman–Crippen MR) is 69.2 cm³/mol. The van der Waals surface area contributed by atoms with Crippen LogP contribution >= 0.6 is 0 Å². The molecular formula is C14H18N2O. The molecule has 0 amide bonds. The molecule has 90 valence electrons. The minimum absolute atomic E-state index is 0.489. The summed E-state index contributed by atoms with van der Waals surface area (Å²) in [4.78, 5) is 10.7. The Morgan fingerprint density at radius 2 is 2.29 bits per heavy atom. The summed E-state index contributed by atoms with van der Waals surface area (Å²) in [5.41, 5.74) is 2.91. The van der Waals surface area contributed by atoms with Crippen LogP contribution in [-0.2, 0) is 6.42 Å². The van der Waals surface area contributed by atoms with Gasteiger partial charge in [0.2, 0.25) is 0 Å². The van der Waals surface area contributed by atoms with Crippen molar-refractivity contribution in [3.05, 3.63) is 29.3 Å². The van der Waals surface area contributed by atoms with E-state index in [0.29, 0.717) is 18.5 Å². The molecule has 0 spiro atoms. The molecule has 0 aromatic heterocycles. The monoisotopic (exact) mass is 230 g/mol. The zero-order valence-corrected chi connectivity index (χ0v) is 10.2. The van der Waals surface area contributed by atoms with Crippen LogP contribution in [0.5, 0.6) is 0 Å². The highest BCUT2D eigenvalue weighted by molar-refractivity contribution is 5.76. The predicted octanol–water partition coefficient (Wildman–Crippen LogP) is 3.17.